The van der Waals surface area contributed by atoms with Crippen molar-refractivity contribution >= 4 is 5.69 Å². The first-order valence-corrected chi connectivity index (χ1v) is 6.38. The molecule has 0 N–H and O–H groups in total. The molecule has 19 heavy (non-hydrogen) atoms. The summed E-state index contributed by atoms with van der Waals surface area (Å²) in [6.45, 7) is 3.94. The number of pyridine rings is 1. The van der Waals surface area contributed by atoms with E-state index < -0.39 is 0 Å². The van der Waals surface area contributed by atoms with Crippen LogP contribution in [0.25, 0.3) is 0 Å². The quantitative estimate of drug-likeness (QED) is 0.820. The van der Waals surface area contributed by atoms with Crippen LogP contribution < -0.4 is 4.90 Å². The molecule has 0 saturated carbocycles. The van der Waals surface area contributed by atoms with Crippen molar-refractivity contribution in [3.8, 4) is 6.07 Å². The largest absolute Gasteiger partial charge is 0.369 e. The van der Waals surface area contributed by atoms with E-state index in [-0.39, 0.29) is 0 Å². The van der Waals surface area contributed by atoms with Crippen molar-refractivity contribution in [2.75, 3.05) is 18.0 Å². The second-order valence-corrected chi connectivity index (χ2v) is 4.86. The third-order valence-corrected chi connectivity index (χ3v) is 3.51. The van der Waals surface area contributed by atoms with Crippen molar-refractivity contribution in [1.29, 1.82) is 5.26 Å². The number of aryl methyl sites for hydroxylation is 1. The average Bonchev–Trinajstić information content (AvgIpc) is 3.07. The highest BCUT2D eigenvalue weighted by molar-refractivity contribution is 5.47. The summed E-state index contributed by atoms with van der Waals surface area (Å²) in [5.74, 6) is 0. The Kier molecular flexibility index (Phi) is 2.92. The van der Waals surface area contributed by atoms with E-state index in [9.17, 15) is 0 Å². The van der Waals surface area contributed by atoms with Crippen LogP contribution in [0.3, 0.4) is 0 Å². The SMILES string of the molecule is Cc1cc(N2CCC(n3cc(C#N)cn3)C2)ccn1. The Morgan fingerprint density at radius 1 is 1.47 bits per heavy atom. The number of nitriles is 1. The molecule has 2 aromatic heterocycles. The molecular weight excluding hydrogens is 238 g/mol. The number of aromatic nitrogens is 3. The Labute approximate surface area is 112 Å². The van der Waals surface area contributed by atoms with Gasteiger partial charge in [0.25, 0.3) is 0 Å². The second kappa shape index (κ2) is 4.73. The monoisotopic (exact) mass is 253 g/mol. The van der Waals surface area contributed by atoms with Gasteiger partial charge in [-0.2, -0.15) is 10.4 Å². The molecule has 1 aliphatic heterocycles. The number of nitrogens with zero attached hydrogens (tertiary/aromatic N) is 5. The fourth-order valence-corrected chi connectivity index (χ4v) is 2.52. The van der Waals surface area contributed by atoms with Gasteiger partial charge in [0.2, 0.25) is 0 Å². The summed E-state index contributed by atoms with van der Waals surface area (Å²) in [4.78, 5) is 6.56. The first-order valence-electron chi connectivity index (χ1n) is 6.38. The molecule has 0 aliphatic carbocycles. The topological polar surface area (TPSA) is 57.7 Å². The molecule has 0 radical (unpaired) electrons. The molecule has 1 fully saturated rings. The van der Waals surface area contributed by atoms with E-state index in [2.05, 4.69) is 27.1 Å². The summed E-state index contributed by atoms with van der Waals surface area (Å²) in [6, 6.07) is 6.60. The minimum absolute atomic E-state index is 0.343. The first kappa shape index (κ1) is 11.7. The molecular formula is C14H15N5. The zero-order valence-electron chi connectivity index (χ0n) is 10.8. The van der Waals surface area contributed by atoms with E-state index in [0.717, 1.165) is 25.2 Å². The molecule has 1 unspecified atom stereocenters. The van der Waals surface area contributed by atoms with E-state index in [1.807, 2.05) is 30.1 Å². The molecule has 5 heteroatoms. The van der Waals surface area contributed by atoms with Crippen LogP contribution in [0.2, 0.25) is 0 Å². The summed E-state index contributed by atoms with van der Waals surface area (Å²) in [5.41, 5.74) is 2.87. The van der Waals surface area contributed by atoms with Gasteiger partial charge in [0, 0.05) is 36.9 Å². The lowest BCUT2D eigenvalue weighted by Gasteiger charge is -2.18. The summed E-state index contributed by atoms with van der Waals surface area (Å²) in [5, 5.41) is 13.1. The van der Waals surface area contributed by atoms with Gasteiger partial charge in [-0.25, -0.2) is 0 Å². The first-order chi connectivity index (χ1) is 9.26. The Bertz CT molecular complexity index is 625. The maximum Gasteiger partial charge on any atom is 0.102 e. The van der Waals surface area contributed by atoms with Crippen molar-refractivity contribution < 1.29 is 0 Å². The maximum atomic E-state index is 8.83. The standard InChI is InChI=1S/C14H15N5/c1-11-6-13(2-4-16-11)18-5-3-14(10-18)19-9-12(7-15)8-17-19/h2,4,6,8-9,14H,3,5,10H2,1H3. The van der Waals surface area contributed by atoms with Crippen molar-refractivity contribution in [2.45, 2.75) is 19.4 Å². The van der Waals surface area contributed by atoms with Crippen LogP contribution in [0.15, 0.2) is 30.7 Å². The van der Waals surface area contributed by atoms with Crippen LogP contribution in [-0.4, -0.2) is 27.9 Å². The maximum absolute atomic E-state index is 8.83. The predicted octanol–water partition coefficient (Wildman–Crippen LogP) is 1.91. The van der Waals surface area contributed by atoms with Crippen LogP contribution in [-0.2, 0) is 0 Å². The molecule has 96 valence electrons. The lowest BCUT2D eigenvalue weighted by molar-refractivity contribution is 0.494. The van der Waals surface area contributed by atoms with Crippen molar-refractivity contribution in [3.63, 3.8) is 0 Å². The normalized spacial score (nSPS) is 18.5. The lowest BCUT2D eigenvalue weighted by Crippen LogP contribution is -2.21. The van der Waals surface area contributed by atoms with Gasteiger partial charge in [0.1, 0.15) is 6.07 Å². The lowest BCUT2D eigenvalue weighted by atomic mass is 10.3. The Hall–Kier alpha value is -2.35. The van der Waals surface area contributed by atoms with Gasteiger partial charge in [-0.3, -0.25) is 9.67 Å². The molecule has 2 aromatic rings. The molecule has 1 saturated heterocycles. The summed E-state index contributed by atoms with van der Waals surface area (Å²) in [7, 11) is 0. The van der Waals surface area contributed by atoms with Crippen LogP contribution in [0.4, 0.5) is 5.69 Å². The zero-order chi connectivity index (χ0) is 13.2. The summed E-state index contributed by atoms with van der Waals surface area (Å²) >= 11 is 0. The van der Waals surface area contributed by atoms with Gasteiger partial charge in [-0.15, -0.1) is 0 Å². The highest BCUT2D eigenvalue weighted by Gasteiger charge is 2.24. The van der Waals surface area contributed by atoms with Crippen LogP contribution >= 0.6 is 0 Å². The molecule has 3 rings (SSSR count). The fourth-order valence-electron chi connectivity index (χ4n) is 2.52. The molecule has 5 nitrogen and oxygen atoms in total. The molecule has 3 heterocycles. The predicted molar refractivity (Wildman–Crippen MR) is 71.8 cm³/mol. The molecule has 0 aromatic carbocycles. The van der Waals surface area contributed by atoms with E-state index in [1.54, 1.807) is 6.20 Å². The summed E-state index contributed by atoms with van der Waals surface area (Å²) in [6.07, 6.45) is 6.35. The van der Waals surface area contributed by atoms with Gasteiger partial charge in [-0.1, -0.05) is 0 Å². The van der Waals surface area contributed by atoms with Gasteiger partial charge >= 0.3 is 0 Å². The van der Waals surface area contributed by atoms with Crippen LogP contribution in [0.1, 0.15) is 23.7 Å². The number of hydrogen-bond donors (Lipinski definition) is 0. The van der Waals surface area contributed by atoms with Crippen molar-refractivity contribution in [3.05, 3.63) is 42.0 Å². The number of rotatable bonds is 2. The van der Waals surface area contributed by atoms with Crippen molar-refractivity contribution in [2.24, 2.45) is 0 Å². The Morgan fingerprint density at radius 2 is 2.37 bits per heavy atom. The highest BCUT2D eigenvalue weighted by atomic mass is 15.3. The number of anilines is 1. The third kappa shape index (κ3) is 2.29. The van der Waals surface area contributed by atoms with Gasteiger partial charge in [-0.05, 0) is 25.5 Å². The second-order valence-electron chi connectivity index (χ2n) is 4.86. The molecule has 0 spiro atoms. The molecule has 0 amide bonds. The highest BCUT2D eigenvalue weighted by Crippen LogP contribution is 2.26. The van der Waals surface area contributed by atoms with Gasteiger partial charge < -0.3 is 4.90 Å². The average molecular weight is 253 g/mol. The van der Waals surface area contributed by atoms with E-state index >= 15 is 0 Å². The molecule has 1 atom stereocenters. The minimum Gasteiger partial charge on any atom is -0.369 e. The van der Waals surface area contributed by atoms with Crippen LogP contribution in [0.5, 0.6) is 0 Å². The Morgan fingerprint density at radius 3 is 3.11 bits per heavy atom. The van der Waals surface area contributed by atoms with E-state index in [4.69, 9.17) is 5.26 Å². The van der Waals surface area contributed by atoms with E-state index in [1.165, 1.54) is 5.69 Å². The molecule has 1 aliphatic rings. The molecule has 0 bridgehead atoms. The fraction of sp³-hybridized carbons (Fsp3) is 0.357. The van der Waals surface area contributed by atoms with Crippen molar-refractivity contribution in [1.82, 2.24) is 14.8 Å². The smallest absolute Gasteiger partial charge is 0.102 e. The third-order valence-electron chi connectivity index (χ3n) is 3.51. The van der Waals surface area contributed by atoms with Gasteiger partial charge in [0.15, 0.2) is 0 Å². The number of hydrogen-bond acceptors (Lipinski definition) is 4. The van der Waals surface area contributed by atoms with Crippen LogP contribution in [0, 0.1) is 18.3 Å². The van der Waals surface area contributed by atoms with Gasteiger partial charge in [0.05, 0.1) is 17.8 Å². The van der Waals surface area contributed by atoms with E-state index in [0.29, 0.717) is 11.6 Å². The zero-order valence-corrected chi connectivity index (χ0v) is 10.8. The minimum atomic E-state index is 0.343. The summed E-state index contributed by atoms with van der Waals surface area (Å²) < 4.78 is 1.91. The Balaban J connectivity index is 1.75.